The molecule has 2 heterocycles. The number of hydrogen-bond donors (Lipinski definition) is 0. The number of ether oxygens (including phenoxy) is 1. The SMILES string of the molecule is COc1ccc(Cc2noc(C(C)Sc3nncn3C)n2)cc1. The first-order valence-electron chi connectivity index (χ1n) is 7.12. The Morgan fingerprint density at radius 2 is 2.09 bits per heavy atom. The minimum atomic E-state index is 0.00928. The zero-order valence-electron chi connectivity index (χ0n) is 13.1. The molecule has 23 heavy (non-hydrogen) atoms. The highest BCUT2D eigenvalue weighted by Gasteiger charge is 2.18. The monoisotopic (exact) mass is 331 g/mol. The van der Waals surface area contributed by atoms with Crippen LogP contribution in [0.4, 0.5) is 0 Å². The third kappa shape index (κ3) is 3.70. The molecule has 0 fully saturated rings. The molecule has 0 aliphatic rings. The van der Waals surface area contributed by atoms with Crippen molar-refractivity contribution in [3.63, 3.8) is 0 Å². The number of aromatic nitrogens is 5. The molecule has 0 radical (unpaired) electrons. The summed E-state index contributed by atoms with van der Waals surface area (Å²) in [5, 5.41) is 12.8. The molecule has 0 bridgehead atoms. The summed E-state index contributed by atoms with van der Waals surface area (Å²) in [5.41, 5.74) is 1.10. The molecule has 0 saturated carbocycles. The molecule has 0 saturated heterocycles. The summed E-state index contributed by atoms with van der Waals surface area (Å²) in [6, 6.07) is 7.82. The van der Waals surface area contributed by atoms with Gasteiger partial charge in [-0.2, -0.15) is 4.98 Å². The van der Waals surface area contributed by atoms with Gasteiger partial charge in [-0.25, -0.2) is 0 Å². The number of methoxy groups -OCH3 is 1. The lowest BCUT2D eigenvalue weighted by atomic mass is 10.1. The van der Waals surface area contributed by atoms with E-state index in [1.54, 1.807) is 13.4 Å². The van der Waals surface area contributed by atoms with Crippen LogP contribution < -0.4 is 4.74 Å². The first-order valence-corrected chi connectivity index (χ1v) is 7.99. The summed E-state index contributed by atoms with van der Waals surface area (Å²) in [5.74, 6) is 2.08. The maximum absolute atomic E-state index is 5.37. The minimum Gasteiger partial charge on any atom is -0.497 e. The number of hydrogen-bond acceptors (Lipinski definition) is 7. The summed E-state index contributed by atoms with van der Waals surface area (Å²) in [6.45, 7) is 2.00. The highest BCUT2D eigenvalue weighted by Crippen LogP contribution is 2.32. The minimum absolute atomic E-state index is 0.00928. The van der Waals surface area contributed by atoms with Gasteiger partial charge in [0.15, 0.2) is 11.0 Å². The normalized spacial score (nSPS) is 12.3. The first kappa shape index (κ1) is 15.5. The van der Waals surface area contributed by atoms with Crippen LogP contribution in [0.3, 0.4) is 0 Å². The molecule has 0 spiro atoms. The first-order chi connectivity index (χ1) is 11.2. The van der Waals surface area contributed by atoms with E-state index < -0.39 is 0 Å². The summed E-state index contributed by atoms with van der Waals surface area (Å²) < 4.78 is 12.4. The molecule has 0 aliphatic carbocycles. The Hall–Kier alpha value is -2.35. The quantitative estimate of drug-likeness (QED) is 0.642. The van der Waals surface area contributed by atoms with E-state index in [2.05, 4.69) is 20.3 Å². The molecular weight excluding hydrogens is 314 g/mol. The maximum atomic E-state index is 5.37. The van der Waals surface area contributed by atoms with Crippen LogP contribution in [0.25, 0.3) is 0 Å². The van der Waals surface area contributed by atoms with Gasteiger partial charge in [-0.15, -0.1) is 10.2 Å². The highest BCUT2D eigenvalue weighted by atomic mass is 32.2. The van der Waals surface area contributed by atoms with Gasteiger partial charge >= 0.3 is 0 Å². The summed E-state index contributed by atoms with van der Waals surface area (Å²) in [7, 11) is 3.55. The van der Waals surface area contributed by atoms with E-state index in [1.807, 2.05) is 42.8 Å². The molecule has 7 nitrogen and oxygen atoms in total. The lowest BCUT2D eigenvalue weighted by Crippen LogP contribution is -1.95. The Morgan fingerprint density at radius 1 is 1.30 bits per heavy atom. The third-order valence-electron chi connectivity index (χ3n) is 3.30. The van der Waals surface area contributed by atoms with Gasteiger partial charge in [0.1, 0.15) is 12.1 Å². The van der Waals surface area contributed by atoms with Gasteiger partial charge in [-0.1, -0.05) is 29.1 Å². The van der Waals surface area contributed by atoms with Crippen molar-refractivity contribution >= 4 is 11.8 Å². The van der Waals surface area contributed by atoms with Gasteiger partial charge in [0, 0.05) is 13.5 Å². The molecule has 2 aromatic heterocycles. The van der Waals surface area contributed by atoms with Crippen LogP contribution in [0, 0.1) is 0 Å². The molecule has 1 unspecified atom stereocenters. The fraction of sp³-hybridized carbons (Fsp3) is 0.333. The second-order valence-corrected chi connectivity index (χ2v) is 6.37. The standard InChI is InChI=1S/C15H17N5O2S/c1-10(23-15-18-16-9-20(15)2)14-17-13(19-22-14)8-11-4-6-12(21-3)7-5-11/h4-7,9-10H,8H2,1-3H3. The number of rotatable bonds is 6. The predicted octanol–water partition coefficient (Wildman–Crippen LogP) is 2.65. The highest BCUT2D eigenvalue weighted by molar-refractivity contribution is 7.99. The smallest absolute Gasteiger partial charge is 0.239 e. The van der Waals surface area contributed by atoms with Gasteiger partial charge in [0.05, 0.1) is 12.4 Å². The number of nitrogens with zero attached hydrogens (tertiary/aromatic N) is 5. The van der Waals surface area contributed by atoms with Crippen molar-refractivity contribution in [1.29, 1.82) is 0 Å². The molecule has 3 rings (SSSR count). The average Bonchev–Trinajstić information content (AvgIpc) is 3.18. The molecule has 1 atom stereocenters. The zero-order chi connectivity index (χ0) is 16.2. The van der Waals surface area contributed by atoms with Crippen LogP contribution in [0.5, 0.6) is 5.75 Å². The van der Waals surface area contributed by atoms with Gasteiger partial charge in [-0.3, -0.25) is 0 Å². The molecule has 0 amide bonds. The Bertz CT molecular complexity index is 768. The lowest BCUT2D eigenvalue weighted by Gasteiger charge is -2.04. The van der Waals surface area contributed by atoms with Crippen molar-refractivity contribution in [2.24, 2.45) is 7.05 Å². The Kier molecular flexibility index (Phi) is 4.61. The van der Waals surface area contributed by atoms with E-state index >= 15 is 0 Å². The van der Waals surface area contributed by atoms with Crippen LogP contribution in [-0.4, -0.2) is 32.0 Å². The average molecular weight is 331 g/mol. The molecule has 120 valence electrons. The maximum Gasteiger partial charge on any atom is 0.239 e. The lowest BCUT2D eigenvalue weighted by molar-refractivity contribution is 0.375. The van der Waals surface area contributed by atoms with Gasteiger partial charge in [0.2, 0.25) is 5.89 Å². The van der Waals surface area contributed by atoms with Crippen LogP contribution in [-0.2, 0) is 13.5 Å². The van der Waals surface area contributed by atoms with Crippen LogP contribution in [0.15, 0.2) is 40.3 Å². The number of aryl methyl sites for hydroxylation is 1. The largest absolute Gasteiger partial charge is 0.497 e. The molecular formula is C15H17N5O2S. The molecule has 3 aromatic rings. The second-order valence-electron chi connectivity index (χ2n) is 5.06. The molecule has 0 N–H and O–H groups in total. The van der Waals surface area contributed by atoms with Crippen LogP contribution in [0.1, 0.15) is 29.5 Å². The van der Waals surface area contributed by atoms with Crippen molar-refractivity contribution in [3.05, 3.63) is 47.9 Å². The molecule has 1 aromatic carbocycles. The molecule has 0 aliphatic heterocycles. The number of benzene rings is 1. The Balaban J connectivity index is 1.66. The van der Waals surface area contributed by atoms with Crippen LogP contribution in [0.2, 0.25) is 0 Å². The van der Waals surface area contributed by atoms with E-state index in [0.29, 0.717) is 18.1 Å². The Labute approximate surface area is 138 Å². The predicted molar refractivity (Wildman–Crippen MR) is 85.4 cm³/mol. The van der Waals surface area contributed by atoms with Gasteiger partial charge in [0.25, 0.3) is 0 Å². The Morgan fingerprint density at radius 3 is 2.74 bits per heavy atom. The fourth-order valence-corrected chi connectivity index (χ4v) is 2.84. The molecule has 8 heteroatoms. The summed E-state index contributed by atoms with van der Waals surface area (Å²) in [6.07, 6.45) is 2.28. The van der Waals surface area contributed by atoms with Gasteiger partial charge < -0.3 is 13.8 Å². The summed E-state index contributed by atoms with van der Waals surface area (Å²) >= 11 is 1.53. The third-order valence-corrected chi connectivity index (χ3v) is 4.44. The van der Waals surface area contributed by atoms with E-state index in [0.717, 1.165) is 16.5 Å². The second kappa shape index (κ2) is 6.82. The van der Waals surface area contributed by atoms with Crippen molar-refractivity contribution in [2.45, 2.75) is 23.8 Å². The fourth-order valence-electron chi connectivity index (χ4n) is 2.02. The van der Waals surface area contributed by atoms with Crippen molar-refractivity contribution in [1.82, 2.24) is 24.9 Å². The zero-order valence-corrected chi connectivity index (χ0v) is 13.9. The van der Waals surface area contributed by atoms with E-state index in [4.69, 9.17) is 9.26 Å². The summed E-state index contributed by atoms with van der Waals surface area (Å²) in [4.78, 5) is 4.47. The van der Waals surface area contributed by atoms with Crippen molar-refractivity contribution in [3.8, 4) is 5.75 Å². The van der Waals surface area contributed by atoms with Crippen LogP contribution >= 0.6 is 11.8 Å². The van der Waals surface area contributed by atoms with E-state index in [-0.39, 0.29) is 5.25 Å². The number of thioether (sulfide) groups is 1. The van der Waals surface area contributed by atoms with Gasteiger partial charge in [-0.05, 0) is 24.6 Å². The van der Waals surface area contributed by atoms with E-state index in [9.17, 15) is 0 Å². The topological polar surface area (TPSA) is 78.9 Å². The van der Waals surface area contributed by atoms with Crippen molar-refractivity contribution in [2.75, 3.05) is 7.11 Å². The van der Waals surface area contributed by atoms with E-state index in [1.165, 1.54) is 11.8 Å². The van der Waals surface area contributed by atoms with Crippen molar-refractivity contribution < 1.29 is 9.26 Å².